The summed E-state index contributed by atoms with van der Waals surface area (Å²) in [6.45, 7) is 3.58. The van der Waals surface area contributed by atoms with E-state index in [0.717, 1.165) is 16.8 Å². The van der Waals surface area contributed by atoms with Crippen LogP contribution in [0.4, 0.5) is 5.69 Å². The molecule has 25 heavy (non-hydrogen) atoms. The Hall–Kier alpha value is -2.66. The van der Waals surface area contributed by atoms with Crippen molar-refractivity contribution >= 4 is 17.6 Å². The molecule has 0 aliphatic carbocycles. The minimum absolute atomic E-state index is 0.0829. The van der Waals surface area contributed by atoms with E-state index in [4.69, 9.17) is 4.74 Å². The van der Waals surface area contributed by atoms with E-state index in [2.05, 4.69) is 5.32 Å². The second-order valence-corrected chi connectivity index (χ2v) is 6.26. The molecule has 1 amide bonds. The Morgan fingerprint density at radius 1 is 1.20 bits per heavy atom. The molecule has 1 fully saturated rings. The number of anilines is 1. The molecule has 1 heterocycles. The number of ether oxygens (including phenoxy) is 1. The van der Waals surface area contributed by atoms with Crippen LogP contribution in [0.25, 0.3) is 0 Å². The number of carbonyl (C=O) groups excluding carboxylic acids is 2. The average molecular weight is 338 g/mol. The van der Waals surface area contributed by atoms with E-state index in [9.17, 15) is 9.59 Å². The molecular formula is C20H22N2O3. The topological polar surface area (TPSA) is 58.6 Å². The molecular weight excluding hydrogens is 316 g/mol. The number of rotatable bonds is 5. The van der Waals surface area contributed by atoms with Crippen molar-refractivity contribution in [3.63, 3.8) is 0 Å². The second-order valence-electron chi connectivity index (χ2n) is 6.26. The lowest BCUT2D eigenvalue weighted by molar-refractivity contribution is -0.159. The Labute approximate surface area is 147 Å². The number of amides is 1. The summed E-state index contributed by atoms with van der Waals surface area (Å²) in [4.78, 5) is 26.6. The van der Waals surface area contributed by atoms with Crippen molar-refractivity contribution in [3.8, 4) is 0 Å². The summed E-state index contributed by atoms with van der Waals surface area (Å²) in [5.41, 5.74) is 2.92. The van der Waals surface area contributed by atoms with E-state index in [1.54, 1.807) is 0 Å². The lowest BCUT2D eigenvalue weighted by Crippen LogP contribution is -2.49. The maximum Gasteiger partial charge on any atom is 0.323 e. The number of esters is 1. The molecule has 0 radical (unpaired) electrons. The van der Waals surface area contributed by atoms with Gasteiger partial charge in [-0.15, -0.1) is 0 Å². The molecule has 3 rings (SSSR count). The number of aryl methyl sites for hydroxylation is 1. The number of nitrogens with one attached hydrogen (secondary N) is 1. The smallest absolute Gasteiger partial charge is 0.323 e. The van der Waals surface area contributed by atoms with Gasteiger partial charge in [-0.25, -0.2) is 0 Å². The third-order valence-corrected chi connectivity index (χ3v) is 4.24. The number of hydrogen-bond donors (Lipinski definition) is 1. The van der Waals surface area contributed by atoms with Gasteiger partial charge in [0.05, 0.1) is 6.42 Å². The van der Waals surface area contributed by atoms with Crippen LogP contribution in [0.15, 0.2) is 54.6 Å². The highest BCUT2D eigenvalue weighted by Gasteiger charge is 2.33. The van der Waals surface area contributed by atoms with E-state index in [1.165, 1.54) is 0 Å². The Kier molecular flexibility index (Phi) is 5.46. The van der Waals surface area contributed by atoms with Gasteiger partial charge in [0.1, 0.15) is 12.6 Å². The first kappa shape index (κ1) is 17.2. The monoisotopic (exact) mass is 338 g/mol. The molecule has 1 atom stereocenters. The predicted octanol–water partition coefficient (Wildman–Crippen LogP) is 2.75. The van der Waals surface area contributed by atoms with Crippen LogP contribution < -0.4 is 5.32 Å². The van der Waals surface area contributed by atoms with Gasteiger partial charge in [0.2, 0.25) is 5.91 Å². The van der Waals surface area contributed by atoms with Crippen LogP contribution in [-0.4, -0.2) is 36.0 Å². The van der Waals surface area contributed by atoms with Gasteiger partial charge in [0.25, 0.3) is 0 Å². The van der Waals surface area contributed by atoms with Crippen LogP contribution in [0.3, 0.4) is 0 Å². The molecule has 5 heteroatoms. The highest BCUT2D eigenvalue weighted by atomic mass is 16.5. The summed E-state index contributed by atoms with van der Waals surface area (Å²) >= 11 is 0. The van der Waals surface area contributed by atoms with E-state index in [0.29, 0.717) is 19.7 Å². The minimum Gasteiger partial charge on any atom is -0.463 e. The number of morpholine rings is 1. The normalized spacial score (nSPS) is 17.8. The third-order valence-electron chi connectivity index (χ3n) is 4.24. The Balaban J connectivity index is 1.66. The SMILES string of the molecule is Cc1cccc(NC(=O)C[C@H]2C(=O)OCCN2Cc2ccccc2)c1. The number of carbonyl (C=O) groups is 2. The van der Waals surface area contributed by atoms with Gasteiger partial charge in [0.15, 0.2) is 0 Å². The van der Waals surface area contributed by atoms with Crippen molar-refractivity contribution in [2.24, 2.45) is 0 Å². The quantitative estimate of drug-likeness (QED) is 0.852. The van der Waals surface area contributed by atoms with Crippen molar-refractivity contribution < 1.29 is 14.3 Å². The fraction of sp³-hybridized carbons (Fsp3) is 0.300. The van der Waals surface area contributed by atoms with E-state index in [-0.39, 0.29) is 18.3 Å². The molecule has 0 saturated carbocycles. The van der Waals surface area contributed by atoms with Crippen molar-refractivity contribution in [1.29, 1.82) is 0 Å². The molecule has 0 aromatic heterocycles. The number of nitrogens with zero attached hydrogens (tertiary/aromatic N) is 1. The lowest BCUT2D eigenvalue weighted by Gasteiger charge is -2.33. The van der Waals surface area contributed by atoms with Crippen LogP contribution in [-0.2, 0) is 20.9 Å². The van der Waals surface area contributed by atoms with Gasteiger partial charge in [-0.1, -0.05) is 42.5 Å². The van der Waals surface area contributed by atoms with E-state index < -0.39 is 6.04 Å². The van der Waals surface area contributed by atoms with Gasteiger partial charge in [0, 0.05) is 18.8 Å². The Morgan fingerprint density at radius 2 is 2.00 bits per heavy atom. The summed E-state index contributed by atoms with van der Waals surface area (Å²) in [5, 5.41) is 2.86. The first-order valence-corrected chi connectivity index (χ1v) is 8.43. The lowest BCUT2D eigenvalue weighted by atomic mass is 10.1. The molecule has 1 aliphatic heterocycles. The van der Waals surface area contributed by atoms with E-state index >= 15 is 0 Å². The van der Waals surface area contributed by atoms with Crippen LogP contribution in [0.2, 0.25) is 0 Å². The van der Waals surface area contributed by atoms with Crippen LogP contribution in [0, 0.1) is 6.92 Å². The zero-order chi connectivity index (χ0) is 17.6. The van der Waals surface area contributed by atoms with Gasteiger partial charge < -0.3 is 10.1 Å². The van der Waals surface area contributed by atoms with Gasteiger partial charge in [-0.3, -0.25) is 14.5 Å². The fourth-order valence-electron chi connectivity index (χ4n) is 2.99. The van der Waals surface area contributed by atoms with Crippen molar-refractivity contribution in [1.82, 2.24) is 4.90 Å². The molecule has 0 unspecified atom stereocenters. The number of benzene rings is 2. The minimum atomic E-state index is -0.557. The van der Waals surface area contributed by atoms with Crippen molar-refractivity contribution in [2.45, 2.75) is 25.9 Å². The fourth-order valence-corrected chi connectivity index (χ4v) is 2.99. The zero-order valence-corrected chi connectivity index (χ0v) is 14.3. The highest BCUT2D eigenvalue weighted by molar-refractivity contribution is 5.94. The molecule has 0 spiro atoms. The molecule has 0 bridgehead atoms. The summed E-state index contributed by atoms with van der Waals surface area (Å²) in [7, 11) is 0. The molecule has 2 aromatic carbocycles. The van der Waals surface area contributed by atoms with Crippen molar-refractivity contribution in [3.05, 3.63) is 65.7 Å². The largest absolute Gasteiger partial charge is 0.463 e. The Bertz CT molecular complexity index is 746. The highest BCUT2D eigenvalue weighted by Crippen LogP contribution is 2.17. The van der Waals surface area contributed by atoms with Gasteiger partial charge in [-0.2, -0.15) is 0 Å². The van der Waals surface area contributed by atoms with Crippen LogP contribution in [0.1, 0.15) is 17.5 Å². The molecule has 130 valence electrons. The van der Waals surface area contributed by atoms with Crippen LogP contribution in [0.5, 0.6) is 0 Å². The molecule has 5 nitrogen and oxygen atoms in total. The van der Waals surface area contributed by atoms with Gasteiger partial charge in [-0.05, 0) is 30.2 Å². The maximum absolute atomic E-state index is 12.4. The number of hydrogen-bond acceptors (Lipinski definition) is 4. The molecule has 1 aliphatic rings. The van der Waals surface area contributed by atoms with Crippen molar-refractivity contribution in [2.75, 3.05) is 18.5 Å². The van der Waals surface area contributed by atoms with Crippen LogP contribution >= 0.6 is 0 Å². The summed E-state index contributed by atoms with van der Waals surface area (Å²) in [6.07, 6.45) is 0.0829. The third kappa shape index (κ3) is 4.67. The van der Waals surface area contributed by atoms with E-state index in [1.807, 2.05) is 66.4 Å². The van der Waals surface area contributed by atoms with Gasteiger partial charge >= 0.3 is 5.97 Å². The second kappa shape index (κ2) is 7.94. The average Bonchev–Trinajstić information content (AvgIpc) is 2.59. The standard InChI is InChI=1S/C20H22N2O3/c1-15-6-5-9-17(12-15)21-19(23)13-18-20(24)25-11-10-22(18)14-16-7-3-2-4-8-16/h2-9,12,18H,10-11,13-14H2,1H3,(H,21,23)/t18-/m0/s1. The first-order chi connectivity index (χ1) is 12.1. The first-order valence-electron chi connectivity index (χ1n) is 8.43. The molecule has 2 aromatic rings. The summed E-state index contributed by atoms with van der Waals surface area (Å²) in [6, 6.07) is 17.0. The number of cyclic esters (lactones) is 1. The molecule has 1 N–H and O–H groups in total. The zero-order valence-electron chi connectivity index (χ0n) is 14.3. The Morgan fingerprint density at radius 3 is 2.76 bits per heavy atom. The molecule has 1 saturated heterocycles. The summed E-state index contributed by atoms with van der Waals surface area (Å²) < 4.78 is 5.17. The predicted molar refractivity (Wildman–Crippen MR) is 96.0 cm³/mol. The maximum atomic E-state index is 12.4. The summed E-state index contributed by atoms with van der Waals surface area (Å²) in [5.74, 6) is -0.519.